The summed E-state index contributed by atoms with van der Waals surface area (Å²) in [5, 5.41) is 9.12. The zero-order chi connectivity index (χ0) is 15.3. The lowest BCUT2D eigenvalue weighted by molar-refractivity contribution is -0.142. The summed E-state index contributed by atoms with van der Waals surface area (Å²) in [6.07, 6.45) is 0.929. The lowest BCUT2D eigenvalue weighted by atomic mass is 9.99. The molecule has 0 aromatic rings. The van der Waals surface area contributed by atoms with Gasteiger partial charge in [-0.1, -0.05) is 6.92 Å². The van der Waals surface area contributed by atoms with Gasteiger partial charge >= 0.3 is 12.0 Å². The van der Waals surface area contributed by atoms with Gasteiger partial charge in [-0.15, -0.1) is 0 Å². The van der Waals surface area contributed by atoms with E-state index in [1.807, 2.05) is 27.9 Å². The molecule has 0 aliphatic carbocycles. The standard InChI is InChI=1S/C14H27N3O3/c1-5-16(8-6-7-15(3)4)14(20)17-9-11(2)12(10-17)13(18)19/h11-12H,5-10H2,1-4H3,(H,18,19). The van der Waals surface area contributed by atoms with Crippen LogP contribution in [0.5, 0.6) is 0 Å². The van der Waals surface area contributed by atoms with Gasteiger partial charge < -0.3 is 19.8 Å². The fraction of sp³-hybridized carbons (Fsp3) is 0.857. The van der Waals surface area contributed by atoms with Crippen LogP contribution in [0.1, 0.15) is 20.3 Å². The van der Waals surface area contributed by atoms with Crippen LogP contribution >= 0.6 is 0 Å². The van der Waals surface area contributed by atoms with Crippen LogP contribution in [0.2, 0.25) is 0 Å². The number of nitrogens with zero attached hydrogens (tertiary/aromatic N) is 3. The normalized spacial score (nSPS) is 22.4. The molecule has 1 saturated heterocycles. The monoisotopic (exact) mass is 285 g/mol. The number of hydrogen-bond donors (Lipinski definition) is 1. The van der Waals surface area contributed by atoms with Gasteiger partial charge in [0.15, 0.2) is 0 Å². The molecule has 2 unspecified atom stereocenters. The molecule has 0 saturated carbocycles. The molecule has 0 bridgehead atoms. The number of carboxylic acid groups (broad SMARTS) is 1. The van der Waals surface area contributed by atoms with E-state index in [4.69, 9.17) is 5.11 Å². The second-order valence-corrected chi connectivity index (χ2v) is 5.85. The van der Waals surface area contributed by atoms with Gasteiger partial charge in [-0.05, 0) is 39.9 Å². The van der Waals surface area contributed by atoms with E-state index in [-0.39, 0.29) is 11.9 Å². The van der Waals surface area contributed by atoms with E-state index in [9.17, 15) is 9.59 Å². The number of carbonyl (C=O) groups is 2. The summed E-state index contributed by atoms with van der Waals surface area (Å²) >= 11 is 0. The molecule has 1 rings (SSSR count). The fourth-order valence-electron chi connectivity index (χ4n) is 2.61. The van der Waals surface area contributed by atoms with Crippen LogP contribution in [0, 0.1) is 11.8 Å². The minimum Gasteiger partial charge on any atom is -0.481 e. The van der Waals surface area contributed by atoms with Crippen molar-refractivity contribution >= 4 is 12.0 Å². The van der Waals surface area contributed by atoms with Crippen LogP contribution in [0.15, 0.2) is 0 Å². The van der Waals surface area contributed by atoms with Crippen molar-refractivity contribution in [2.45, 2.75) is 20.3 Å². The third kappa shape index (κ3) is 4.37. The Bertz CT molecular complexity index is 347. The maximum absolute atomic E-state index is 12.4. The molecular weight excluding hydrogens is 258 g/mol. The van der Waals surface area contributed by atoms with Gasteiger partial charge in [0.1, 0.15) is 0 Å². The maximum atomic E-state index is 12.4. The molecule has 1 aliphatic rings. The van der Waals surface area contributed by atoms with Crippen LogP contribution in [-0.4, -0.2) is 78.6 Å². The van der Waals surface area contributed by atoms with E-state index in [2.05, 4.69) is 4.90 Å². The number of amides is 2. The lowest BCUT2D eigenvalue weighted by Crippen LogP contribution is -2.43. The van der Waals surface area contributed by atoms with Gasteiger partial charge in [-0.3, -0.25) is 4.79 Å². The van der Waals surface area contributed by atoms with Gasteiger partial charge in [0.25, 0.3) is 0 Å². The summed E-state index contributed by atoms with van der Waals surface area (Å²) < 4.78 is 0. The van der Waals surface area contributed by atoms with Crippen molar-refractivity contribution in [1.82, 2.24) is 14.7 Å². The molecule has 1 aliphatic heterocycles. The summed E-state index contributed by atoms with van der Waals surface area (Å²) in [6, 6.07) is -0.0261. The first kappa shape index (κ1) is 16.8. The smallest absolute Gasteiger partial charge is 0.320 e. The van der Waals surface area contributed by atoms with Crippen LogP contribution < -0.4 is 0 Å². The van der Waals surface area contributed by atoms with Gasteiger partial charge in [0, 0.05) is 26.2 Å². The highest BCUT2D eigenvalue weighted by molar-refractivity contribution is 5.77. The molecule has 1 heterocycles. The Morgan fingerprint density at radius 3 is 2.35 bits per heavy atom. The molecule has 0 aromatic heterocycles. The number of rotatable bonds is 6. The van der Waals surface area contributed by atoms with E-state index < -0.39 is 11.9 Å². The largest absolute Gasteiger partial charge is 0.481 e. The Hall–Kier alpha value is -1.30. The zero-order valence-electron chi connectivity index (χ0n) is 13.0. The number of hydrogen-bond acceptors (Lipinski definition) is 3. The van der Waals surface area contributed by atoms with Crippen LogP contribution in [-0.2, 0) is 4.79 Å². The molecule has 1 N–H and O–H groups in total. The molecule has 116 valence electrons. The second-order valence-electron chi connectivity index (χ2n) is 5.85. The summed E-state index contributed by atoms with van der Waals surface area (Å²) in [6.45, 7) is 7.05. The Labute approximate surface area is 121 Å². The summed E-state index contributed by atoms with van der Waals surface area (Å²) in [4.78, 5) is 29.1. The van der Waals surface area contributed by atoms with E-state index >= 15 is 0 Å². The topological polar surface area (TPSA) is 64.1 Å². The highest BCUT2D eigenvalue weighted by Gasteiger charge is 2.38. The lowest BCUT2D eigenvalue weighted by Gasteiger charge is -2.27. The van der Waals surface area contributed by atoms with Crippen molar-refractivity contribution in [3.63, 3.8) is 0 Å². The Kier molecular flexibility index (Phi) is 6.26. The van der Waals surface area contributed by atoms with E-state index in [1.54, 1.807) is 9.80 Å². The Balaban J connectivity index is 2.52. The summed E-state index contributed by atoms with van der Waals surface area (Å²) in [5.74, 6) is -1.21. The molecule has 20 heavy (non-hydrogen) atoms. The first-order valence-electron chi connectivity index (χ1n) is 7.28. The highest BCUT2D eigenvalue weighted by Crippen LogP contribution is 2.24. The molecule has 0 aromatic carbocycles. The van der Waals surface area contributed by atoms with Gasteiger partial charge in [-0.2, -0.15) is 0 Å². The van der Waals surface area contributed by atoms with Crippen molar-refractivity contribution in [3.8, 4) is 0 Å². The number of carboxylic acids is 1. The number of likely N-dealkylation sites (tertiary alicyclic amines) is 1. The molecular formula is C14H27N3O3. The molecule has 6 nitrogen and oxygen atoms in total. The van der Waals surface area contributed by atoms with Crippen molar-refractivity contribution in [2.75, 3.05) is 46.8 Å². The average molecular weight is 285 g/mol. The van der Waals surface area contributed by atoms with Crippen molar-refractivity contribution in [1.29, 1.82) is 0 Å². The SMILES string of the molecule is CCN(CCCN(C)C)C(=O)N1CC(C)C(C(=O)O)C1. The Morgan fingerprint density at radius 1 is 1.25 bits per heavy atom. The zero-order valence-corrected chi connectivity index (χ0v) is 13.0. The minimum atomic E-state index is -0.802. The van der Waals surface area contributed by atoms with E-state index in [0.29, 0.717) is 19.6 Å². The molecule has 0 spiro atoms. The third-order valence-electron chi connectivity index (χ3n) is 3.89. The van der Waals surface area contributed by atoms with Crippen molar-refractivity contribution in [2.24, 2.45) is 11.8 Å². The molecule has 2 atom stereocenters. The van der Waals surface area contributed by atoms with Crippen LogP contribution in [0.3, 0.4) is 0 Å². The predicted octanol–water partition coefficient (Wildman–Crippen LogP) is 1.03. The number of urea groups is 1. The van der Waals surface area contributed by atoms with Gasteiger partial charge in [0.05, 0.1) is 5.92 Å². The molecule has 0 radical (unpaired) electrons. The molecule has 6 heteroatoms. The third-order valence-corrected chi connectivity index (χ3v) is 3.89. The Morgan fingerprint density at radius 2 is 1.90 bits per heavy atom. The first-order chi connectivity index (χ1) is 9.36. The quantitative estimate of drug-likeness (QED) is 0.792. The van der Waals surface area contributed by atoms with Crippen LogP contribution in [0.25, 0.3) is 0 Å². The highest BCUT2D eigenvalue weighted by atomic mass is 16.4. The average Bonchev–Trinajstić information content (AvgIpc) is 2.76. The number of aliphatic carboxylic acids is 1. The molecule has 1 fully saturated rings. The fourth-order valence-corrected chi connectivity index (χ4v) is 2.61. The summed E-state index contributed by atoms with van der Waals surface area (Å²) in [7, 11) is 4.02. The predicted molar refractivity (Wildman–Crippen MR) is 77.7 cm³/mol. The first-order valence-corrected chi connectivity index (χ1v) is 7.28. The minimum absolute atomic E-state index is 0.0249. The van der Waals surface area contributed by atoms with E-state index in [1.165, 1.54) is 0 Å². The van der Waals surface area contributed by atoms with E-state index in [0.717, 1.165) is 19.5 Å². The summed E-state index contributed by atoms with van der Waals surface area (Å²) in [5.41, 5.74) is 0. The second kappa shape index (κ2) is 7.47. The van der Waals surface area contributed by atoms with Gasteiger partial charge in [0.2, 0.25) is 0 Å². The maximum Gasteiger partial charge on any atom is 0.320 e. The number of carbonyl (C=O) groups excluding carboxylic acids is 1. The van der Waals surface area contributed by atoms with Crippen molar-refractivity contribution in [3.05, 3.63) is 0 Å². The van der Waals surface area contributed by atoms with Crippen molar-refractivity contribution < 1.29 is 14.7 Å². The van der Waals surface area contributed by atoms with Gasteiger partial charge in [-0.25, -0.2) is 4.79 Å². The molecule has 2 amide bonds. The van der Waals surface area contributed by atoms with Crippen LogP contribution in [0.4, 0.5) is 4.79 Å².